The zero-order valence-electron chi connectivity index (χ0n) is 18.1. The Labute approximate surface area is 190 Å². The number of allylic oxidation sites excluding steroid dienone is 2. The van der Waals surface area contributed by atoms with Crippen LogP contribution in [0.15, 0.2) is 48.6 Å². The molecule has 1 N–H and O–H groups in total. The zero-order chi connectivity index (χ0) is 21.5. The molecule has 4 rings (SSSR count). The smallest absolute Gasteiger partial charge is 0.303 e. The molecule has 0 spiro atoms. The third kappa shape index (κ3) is 6.24. The Bertz CT molecular complexity index is 762. The predicted molar refractivity (Wildman–Crippen MR) is 126 cm³/mol. The second-order valence-corrected chi connectivity index (χ2v) is 9.98. The van der Waals surface area contributed by atoms with Crippen molar-refractivity contribution in [3.05, 3.63) is 54.1 Å². The normalized spacial score (nSPS) is 31.0. The first-order valence-electron chi connectivity index (χ1n) is 11.7. The molecule has 3 aliphatic rings. The summed E-state index contributed by atoms with van der Waals surface area (Å²) in [5, 5.41) is 8.73. The summed E-state index contributed by atoms with van der Waals surface area (Å²) in [6.45, 7) is 0. The fourth-order valence-corrected chi connectivity index (χ4v) is 5.90. The molecule has 3 heterocycles. The van der Waals surface area contributed by atoms with Crippen LogP contribution in [0.2, 0.25) is 0 Å². The van der Waals surface area contributed by atoms with Gasteiger partial charge in [-0.3, -0.25) is 4.79 Å². The Morgan fingerprint density at radius 1 is 0.935 bits per heavy atom. The van der Waals surface area contributed by atoms with Gasteiger partial charge in [0, 0.05) is 12.2 Å². The number of rotatable bonds is 14. The fraction of sp³-hybridized carbons (Fsp3) is 0.577. The molecule has 0 aliphatic carbocycles. The summed E-state index contributed by atoms with van der Waals surface area (Å²) in [4.78, 5) is 10.6. The summed E-state index contributed by atoms with van der Waals surface area (Å²) in [6.07, 6.45) is 16.7. The SMILES string of the molecule is O=C(O)CCC/C=C\C[C@H]1[C@@H](CCCCSCC=Cc2ccccc2)[C@@H]2O[C@H]1[C@@H]1O[C@@H]12. The highest BCUT2D eigenvalue weighted by molar-refractivity contribution is 7.99. The molecule has 168 valence electrons. The highest BCUT2D eigenvalue weighted by Gasteiger charge is 2.68. The number of thioether (sulfide) groups is 1. The molecule has 1 aromatic rings. The van der Waals surface area contributed by atoms with Crippen LogP contribution in [0, 0.1) is 11.8 Å². The Morgan fingerprint density at radius 3 is 2.52 bits per heavy atom. The van der Waals surface area contributed by atoms with Gasteiger partial charge in [0.05, 0.1) is 12.2 Å². The lowest BCUT2D eigenvalue weighted by atomic mass is 9.75. The number of hydrogen-bond acceptors (Lipinski definition) is 4. The van der Waals surface area contributed by atoms with Gasteiger partial charge in [0.25, 0.3) is 0 Å². The molecule has 5 heteroatoms. The Balaban J connectivity index is 1.12. The van der Waals surface area contributed by atoms with Crippen LogP contribution in [-0.4, -0.2) is 47.0 Å². The molecule has 0 aromatic heterocycles. The van der Waals surface area contributed by atoms with E-state index in [-0.39, 0.29) is 12.5 Å². The van der Waals surface area contributed by atoms with Gasteiger partial charge >= 0.3 is 5.97 Å². The van der Waals surface area contributed by atoms with Gasteiger partial charge in [0.1, 0.15) is 12.2 Å². The van der Waals surface area contributed by atoms with Gasteiger partial charge in [-0.25, -0.2) is 0 Å². The van der Waals surface area contributed by atoms with Crippen molar-refractivity contribution in [2.75, 3.05) is 11.5 Å². The van der Waals surface area contributed by atoms with E-state index in [4.69, 9.17) is 14.6 Å². The van der Waals surface area contributed by atoms with Crippen molar-refractivity contribution in [2.24, 2.45) is 11.8 Å². The summed E-state index contributed by atoms with van der Waals surface area (Å²) in [5.74, 6) is 2.74. The third-order valence-corrected chi connectivity index (χ3v) is 7.66. The van der Waals surface area contributed by atoms with Gasteiger partial charge in [-0.05, 0) is 55.3 Å². The molecule has 4 nitrogen and oxygen atoms in total. The fourth-order valence-electron chi connectivity index (χ4n) is 5.09. The maximum atomic E-state index is 10.6. The minimum atomic E-state index is -0.711. The lowest BCUT2D eigenvalue weighted by Gasteiger charge is -2.25. The zero-order valence-corrected chi connectivity index (χ0v) is 18.9. The van der Waals surface area contributed by atoms with Crippen molar-refractivity contribution in [1.82, 2.24) is 0 Å². The number of benzene rings is 1. The molecule has 1 aromatic carbocycles. The van der Waals surface area contributed by atoms with E-state index in [1.165, 1.54) is 30.6 Å². The van der Waals surface area contributed by atoms with Gasteiger partial charge in [0.15, 0.2) is 0 Å². The molecule has 6 atom stereocenters. The predicted octanol–water partition coefficient (Wildman–Crippen LogP) is 5.59. The number of epoxide rings is 1. The van der Waals surface area contributed by atoms with E-state index in [9.17, 15) is 4.79 Å². The minimum Gasteiger partial charge on any atom is -0.481 e. The first kappa shape index (κ1) is 22.6. The number of carbonyl (C=O) groups is 1. The highest BCUT2D eigenvalue weighted by Crippen LogP contribution is 2.56. The van der Waals surface area contributed by atoms with E-state index in [0.29, 0.717) is 36.6 Å². The van der Waals surface area contributed by atoms with Crippen molar-refractivity contribution < 1.29 is 19.4 Å². The molecular weight excluding hydrogens is 408 g/mol. The number of carboxylic acid groups (broad SMARTS) is 1. The first-order valence-corrected chi connectivity index (χ1v) is 12.9. The van der Waals surface area contributed by atoms with Crippen molar-refractivity contribution in [3.63, 3.8) is 0 Å². The van der Waals surface area contributed by atoms with E-state index in [0.717, 1.165) is 18.6 Å². The average molecular weight is 443 g/mol. The van der Waals surface area contributed by atoms with Crippen molar-refractivity contribution in [2.45, 2.75) is 69.4 Å². The molecule has 0 amide bonds. The van der Waals surface area contributed by atoms with Gasteiger partial charge in [0.2, 0.25) is 0 Å². The van der Waals surface area contributed by atoms with Crippen LogP contribution >= 0.6 is 11.8 Å². The van der Waals surface area contributed by atoms with Gasteiger partial charge in [-0.1, -0.05) is 61.1 Å². The van der Waals surface area contributed by atoms with Crippen molar-refractivity contribution >= 4 is 23.8 Å². The summed E-state index contributed by atoms with van der Waals surface area (Å²) in [7, 11) is 0. The summed E-state index contributed by atoms with van der Waals surface area (Å²) >= 11 is 2.01. The Morgan fingerprint density at radius 2 is 1.71 bits per heavy atom. The van der Waals surface area contributed by atoms with Crippen LogP contribution in [0.5, 0.6) is 0 Å². The summed E-state index contributed by atoms with van der Waals surface area (Å²) in [6, 6.07) is 10.5. The van der Waals surface area contributed by atoms with E-state index in [1.807, 2.05) is 17.8 Å². The maximum Gasteiger partial charge on any atom is 0.303 e. The number of hydrogen-bond donors (Lipinski definition) is 1. The molecule has 3 saturated heterocycles. The standard InChI is InChI=1S/C26H34O4S/c27-22(28)16-7-2-1-6-14-20-21(24-26-25(30-26)23(20)29-24)15-8-9-17-31-18-10-13-19-11-4-3-5-12-19/h1,3-6,10-13,20-21,23-26H,2,7-9,14-18H2,(H,27,28)/b6-1-,13-10?/t20-,21+,23+,24-,25-,26+/m0/s1. The maximum absolute atomic E-state index is 10.6. The van der Waals surface area contributed by atoms with E-state index >= 15 is 0 Å². The Kier molecular flexibility index (Phi) is 8.28. The molecule has 0 radical (unpaired) electrons. The van der Waals surface area contributed by atoms with E-state index < -0.39 is 5.97 Å². The van der Waals surface area contributed by atoms with E-state index in [1.54, 1.807) is 0 Å². The number of unbranched alkanes of at least 4 members (excludes halogenated alkanes) is 2. The highest BCUT2D eigenvalue weighted by atomic mass is 32.2. The number of carboxylic acids is 1. The summed E-state index contributed by atoms with van der Waals surface area (Å²) < 4.78 is 12.1. The van der Waals surface area contributed by atoms with Gasteiger partial charge in [-0.2, -0.15) is 11.8 Å². The van der Waals surface area contributed by atoms with Crippen molar-refractivity contribution in [1.29, 1.82) is 0 Å². The first-order chi connectivity index (χ1) is 15.2. The molecular formula is C26H34O4S. The number of ether oxygens (including phenoxy) is 2. The van der Waals surface area contributed by atoms with E-state index in [2.05, 4.69) is 48.6 Å². The largest absolute Gasteiger partial charge is 0.481 e. The van der Waals surface area contributed by atoms with Gasteiger partial charge in [-0.15, -0.1) is 0 Å². The molecule has 0 saturated carbocycles. The average Bonchev–Trinajstić information content (AvgIpc) is 3.40. The summed E-state index contributed by atoms with van der Waals surface area (Å²) in [5.41, 5.74) is 1.27. The monoisotopic (exact) mass is 442 g/mol. The second kappa shape index (κ2) is 11.3. The lowest BCUT2D eigenvalue weighted by Crippen LogP contribution is -2.32. The molecule has 3 aliphatic heterocycles. The molecule has 31 heavy (non-hydrogen) atoms. The molecule has 0 unspecified atom stereocenters. The van der Waals surface area contributed by atoms with Crippen LogP contribution in [0.4, 0.5) is 0 Å². The van der Waals surface area contributed by atoms with Crippen LogP contribution in [-0.2, 0) is 14.3 Å². The molecule has 2 bridgehead atoms. The number of fused-ring (bicyclic) bond motifs is 5. The Hall–Kier alpha value is -1.56. The number of aliphatic carboxylic acids is 1. The van der Waals surface area contributed by atoms with Gasteiger partial charge < -0.3 is 14.6 Å². The van der Waals surface area contributed by atoms with Crippen LogP contribution in [0.25, 0.3) is 6.08 Å². The van der Waals surface area contributed by atoms with Crippen LogP contribution in [0.1, 0.15) is 50.5 Å². The van der Waals surface area contributed by atoms with Crippen molar-refractivity contribution in [3.8, 4) is 0 Å². The lowest BCUT2D eigenvalue weighted by molar-refractivity contribution is -0.137. The minimum absolute atomic E-state index is 0.252. The van der Waals surface area contributed by atoms with Crippen LogP contribution in [0.3, 0.4) is 0 Å². The second-order valence-electron chi connectivity index (χ2n) is 8.84. The molecule has 3 fully saturated rings. The topological polar surface area (TPSA) is 59.1 Å². The third-order valence-electron chi connectivity index (χ3n) is 6.65. The quantitative estimate of drug-likeness (QED) is 0.231. The van der Waals surface area contributed by atoms with Crippen LogP contribution < -0.4 is 0 Å².